The summed E-state index contributed by atoms with van der Waals surface area (Å²) >= 11 is 1.51. The lowest BCUT2D eigenvalue weighted by Crippen LogP contribution is -2.12. The Morgan fingerprint density at radius 1 is 1.33 bits per heavy atom. The predicted octanol–water partition coefficient (Wildman–Crippen LogP) is 2.95. The van der Waals surface area contributed by atoms with Crippen LogP contribution in [0.2, 0.25) is 0 Å². The molecular formula is C15H9N3O2S. The third-order valence-corrected chi connectivity index (χ3v) is 3.85. The zero-order valence-corrected chi connectivity index (χ0v) is 11.6. The Bertz CT molecular complexity index is 866. The lowest BCUT2D eigenvalue weighted by atomic mass is 10.2. The summed E-state index contributed by atoms with van der Waals surface area (Å²) in [6.07, 6.45) is 1.32. The summed E-state index contributed by atoms with van der Waals surface area (Å²) in [5.74, 6) is 0.194. The first-order chi connectivity index (χ1) is 10.2. The fourth-order valence-electron chi connectivity index (χ4n) is 1.82. The van der Waals surface area contributed by atoms with E-state index in [-0.39, 0.29) is 5.57 Å². The average Bonchev–Trinajstić information content (AvgIpc) is 3.10. The number of rotatable bonds is 3. The number of nitriles is 1. The van der Waals surface area contributed by atoms with E-state index in [2.05, 4.69) is 4.98 Å². The van der Waals surface area contributed by atoms with Crippen LogP contribution in [0.25, 0.3) is 27.1 Å². The molecule has 0 atom stereocenters. The van der Waals surface area contributed by atoms with Gasteiger partial charge in [0.2, 0.25) is 0 Å². The monoisotopic (exact) mass is 295 g/mol. The van der Waals surface area contributed by atoms with Gasteiger partial charge in [0.1, 0.15) is 17.4 Å². The van der Waals surface area contributed by atoms with Crippen molar-refractivity contribution in [2.75, 3.05) is 0 Å². The minimum Gasteiger partial charge on any atom is -0.454 e. The third kappa shape index (κ3) is 2.55. The van der Waals surface area contributed by atoms with E-state index >= 15 is 0 Å². The quantitative estimate of drug-likeness (QED) is 0.594. The standard InChI is InChI=1S/C15H9N3O2S/c16-8-9(14(17)19)7-10-5-6-12(20-10)15-18-11-3-1-2-4-13(11)21-15/h1-7H,(H2,17,19)/b9-7+. The first-order valence-electron chi connectivity index (χ1n) is 6.05. The van der Waals surface area contributed by atoms with Gasteiger partial charge in [-0.3, -0.25) is 4.79 Å². The number of thiazole rings is 1. The van der Waals surface area contributed by atoms with Crippen molar-refractivity contribution < 1.29 is 9.21 Å². The second-order valence-corrected chi connectivity index (χ2v) is 5.25. The Balaban J connectivity index is 1.98. The van der Waals surface area contributed by atoms with Crippen LogP contribution in [0.1, 0.15) is 5.76 Å². The molecule has 5 nitrogen and oxygen atoms in total. The number of furan rings is 1. The maximum atomic E-state index is 11.0. The minimum absolute atomic E-state index is 0.153. The lowest BCUT2D eigenvalue weighted by Gasteiger charge is -1.90. The van der Waals surface area contributed by atoms with Crippen LogP contribution in [0.4, 0.5) is 0 Å². The van der Waals surface area contributed by atoms with Crippen molar-refractivity contribution in [1.82, 2.24) is 4.98 Å². The third-order valence-electron chi connectivity index (χ3n) is 2.80. The van der Waals surface area contributed by atoms with E-state index in [0.29, 0.717) is 11.5 Å². The van der Waals surface area contributed by atoms with Crippen molar-refractivity contribution in [3.05, 3.63) is 47.7 Å². The maximum absolute atomic E-state index is 11.0. The Morgan fingerprint density at radius 3 is 2.86 bits per heavy atom. The highest BCUT2D eigenvalue weighted by Crippen LogP contribution is 2.31. The zero-order chi connectivity index (χ0) is 14.8. The first-order valence-corrected chi connectivity index (χ1v) is 6.86. The van der Waals surface area contributed by atoms with Crippen LogP contribution in [0.15, 0.2) is 46.4 Å². The van der Waals surface area contributed by atoms with Gasteiger partial charge in [-0.2, -0.15) is 5.26 Å². The number of nitrogens with zero attached hydrogens (tertiary/aromatic N) is 2. The summed E-state index contributed by atoms with van der Waals surface area (Å²) in [7, 11) is 0. The molecule has 3 aromatic rings. The molecule has 3 rings (SSSR count). The molecule has 0 saturated carbocycles. The summed E-state index contributed by atoms with van der Waals surface area (Å²) < 4.78 is 6.66. The summed E-state index contributed by atoms with van der Waals surface area (Å²) in [6, 6.07) is 12.9. The molecule has 2 N–H and O–H groups in total. The molecule has 2 aromatic heterocycles. The molecule has 0 saturated heterocycles. The number of aromatic nitrogens is 1. The number of para-hydroxylation sites is 1. The van der Waals surface area contributed by atoms with Crippen molar-refractivity contribution in [1.29, 1.82) is 5.26 Å². The Morgan fingerprint density at radius 2 is 2.14 bits per heavy atom. The van der Waals surface area contributed by atoms with Gasteiger partial charge in [-0.25, -0.2) is 4.98 Å². The number of carbonyl (C=O) groups excluding carboxylic acids is 1. The van der Waals surface area contributed by atoms with Crippen LogP contribution in [0.3, 0.4) is 0 Å². The fraction of sp³-hybridized carbons (Fsp3) is 0. The van der Waals surface area contributed by atoms with Crippen LogP contribution >= 0.6 is 11.3 Å². The molecule has 0 fully saturated rings. The van der Waals surface area contributed by atoms with E-state index in [9.17, 15) is 4.79 Å². The summed E-state index contributed by atoms with van der Waals surface area (Å²) in [5.41, 5.74) is 5.83. The highest BCUT2D eigenvalue weighted by atomic mass is 32.1. The van der Waals surface area contributed by atoms with Gasteiger partial charge in [-0.15, -0.1) is 11.3 Å². The van der Waals surface area contributed by atoms with E-state index in [1.165, 1.54) is 17.4 Å². The largest absolute Gasteiger partial charge is 0.454 e. The molecule has 0 aliphatic rings. The topological polar surface area (TPSA) is 92.9 Å². The molecule has 6 heteroatoms. The van der Waals surface area contributed by atoms with E-state index in [1.54, 1.807) is 18.2 Å². The molecule has 0 aliphatic heterocycles. The fourth-order valence-corrected chi connectivity index (χ4v) is 2.75. The second kappa shape index (κ2) is 5.23. The second-order valence-electron chi connectivity index (χ2n) is 4.22. The maximum Gasteiger partial charge on any atom is 0.259 e. The minimum atomic E-state index is -0.782. The number of primary amides is 1. The van der Waals surface area contributed by atoms with Gasteiger partial charge in [0.05, 0.1) is 10.2 Å². The van der Waals surface area contributed by atoms with E-state index in [0.717, 1.165) is 15.2 Å². The molecule has 0 bridgehead atoms. The van der Waals surface area contributed by atoms with Crippen LogP contribution in [0, 0.1) is 11.3 Å². The highest BCUT2D eigenvalue weighted by Gasteiger charge is 2.11. The average molecular weight is 295 g/mol. The zero-order valence-electron chi connectivity index (χ0n) is 10.7. The molecule has 1 amide bonds. The molecule has 0 aliphatic carbocycles. The highest BCUT2D eigenvalue weighted by molar-refractivity contribution is 7.21. The number of hydrogen-bond donors (Lipinski definition) is 1. The van der Waals surface area contributed by atoms with Crippen molar-refractivity contribution in [2.24, 2.45) is 5.73 Å². The molecule has 0 spiro atoms. The van der Waals surface area contributed by atoms with Crippen LogP contribution in [0.5, 0.6) is 0 Å². The van der Waals surface area contributed by atoms with Gasteiger partial charge in [0, 0.05) is 6.08 Å². The first kappa shape index (κ1) is 13.1. The van der Waals surface area contributed by atoms with Gasteiger partial charge < -0.3 is 10.2 Å². The molecule has 0 unspecified atom stereocenters. The smallest absolute Gasteiger partial charge is 0.259 e. The van der Waals surface area contributed by atoms with Crippen molar-refractivity contribution in [3.8, 4) is 16.8 Å². The normalized spacial score (nSPS) is 11.5. The van der Waals surface area contributed by atoms with Crippen molar-refractivity contribution in [3.63, 3.8) is 0 Å². The van der Waals surface area contributed by atoms with Gasteiger partial charge in [0.25, 0.3) is 5.91 Å². The van der Waals surface area contributed by atoms with Crippen LogP contribution in [-0.4, -0.2) is 10.9 Å². The molecular weight excluding hydrogens is 286 g/mol. The summed E-state index contributed by atoms with van der Waals surface area (Å²) in [6.45, 7) is 0. The molecule has 102 valence electrons. The van der Waals surface area contributed by atoms with Crippen LogP contribution in [-0.2, 0) is 4.79 Å². The predicted molar refractivity (Wildman–Crippen MR) is 80.1 cm³/mol. The van der Waals surface area contributed by atoms with E-state index in [1.807, 2.05) is 24.3 Å². The van der Waals surface area contributed by atoms with Gasteiger partial charge in [0.15, 0.2) is 10.8 Å². The van der Waals surface area contributed by atoms with Gasteiger partial charge >= 0.3 is 0 Å². The van der Waals surface area contributed by atoms with Gasteiger partial charge in [-0.05, 0) is 24.3 Å². The Hall–Kier alpha value is -2.91. The number of hydrogen-bond acceptors (Lipinski definition) is 5. The number of carbonyl (C=O) groups is 1. The number of amides is 1. The van der Waals surface area contributed by atoms with E-state index in [4.69, 9.17) is 15.4 Å². The number of fused-ring (bicyclic) bond motifs is 1. The lowest BCUT2D eigenvalue weighted by molar-refractivity contribution is -0.114. The van der Waals surface area contributed by atoms with Crippen molar-refractivity contribution >= 4 is 33.5 Å². The number of benzene rings is 1. The SMILES string of the molecule is N#C/C(=C\c1ccc(-c2nc3ccccc3s2)o1)C(N)=O. The molecule has 1 aromatic carbocycles. The molecule has 0 radical (unpaired) electrons. The Kier molecular flexibility index (Phi) is 3.26. The van der Waals surface area contributed by atoms with Crippen molar-refractivity contribution in [2.45, 2.75) is 0 Å². The Labute approximate surface area is 123 Å². The van der Waals surface area contributed by atoms with E-state index < -0.39 is 5.91 Å². The van der Waals surface area contributed by atoms with Crippen LogP contribution < -0.4 is 5.73 Å². The van der Waals surface area contributed by atoms with Gasteiger partial charge in [-0.1, -0.05) is 12.1 Å². The number of nitrogens with two attached hydrogens (primary N) is 1. The molecule has 2 heterocycles. The summed E-state index contributed by atoms with van der Waals surface area (Å²) in [4.78, 5) is 15.5. The molecule has 21 heavy (non-hydrogen) atoms. The summed E-state index contributed by atoms with van der Waals surface area (Å²) in [5, 5.41) is 9.55.